The number of carbonyl (C=O) groups excluding carboxylic acids is 1. The van der Waals surface area contributed by atoms with E-state index >= 15 is 0 Å². The van der Waals surface area contributed by atoms with Gasteiger partial charge in [0, 0.05) is 6.20 Å². The number of nitrogens with zero attached hydrogens (tertiary/aromatic N) is 2. The fourth-order valence-electron chi connectivity index (χ4n) is 1.47. The number of fused-ring (bicyclic) bond motifs is 1. The highest BCUT2D eigenvalue weighted by Gasteiger charge is 2.02. The van der Waals surface area contributed by atoms with E-state index in [1.165, 1.54) is 6.08 Å². The Hall–Kier alpha value is -1.90. The number of hydrogen-bond acceptors (Lipinski definition) is 2. The van der Waals surface area contributed by atoms with Crippen molar-refractivity contribution in [1.29, 1.82) is 0 Å². The van der Waals surface area contributed by atoms with Crippen LogP contribution in [-0.2, 0) is 4.79 Å². The van der Waals surface area contributed by atoms with Crippen LogP contribution < -0.4 is 0 Å². The maximum atomic E-state index is 10.2. The molecule has 0 aliphatic rings. The van der Waals surface area contributed by atoms with Crippen molar-refractivity contribution in [2.24, 2.45) is 0 Å². The number of rotatable bonds is 2. The first kappa shape index (κ1) is 8.69. The van der Waals surface area contributed by atoms with E-state index in [1.54, 1.807) is 6.20 Å². The lowest BCUT2D eigenvalue weighted by atomic mass is 10.3. The molecule has 0 saturated carbocycles. The van der Waals surface area contributed by atoms with Gasteiger partial charge in [0.15, 0.2) is 0 Å². The summed E-state index contributed by atoms with van der Waals surface area (Å²) in [6.45, 7) is 1.91. The van der Waals surface area contributed by atoms with Crippen LogP contribution in [0.2, 0.25) is 0 Å². The smallest absolute Gasteiger partial charge is 0.144 e. The average Bonchev–Trinajstić information content (AvgIpc) is 2.51. The van der Waals surface area contributed by atoms with Gasteiger partial charge in [0.2, 0.25) is 0 Å². The third-order valence-corrected chi connectivity index (χ3v) is 2.09. The topological polar surface area (TPSA) is 34.9 Å². The molecule has 0 atom stereocenters. The standard InChI is InChI=1S/C11H10N2O/c1-9-12-10-5-2-3-6-11(10)13(9)7-4-8-14/h2-8H,1H3. The molecule has 0 saturated heterocycles. The normalized spacial score (nSPS) is 11.2. The number of imidazole rings is 1. The van der Waals surface area contributed by atoms with Gasteiger partial charge in [0.05, 0.1) is 11.0 Å². The van der Waals surface area contributed by atoms with E-state index < -0.39 is 0 Å². The van der Waals surface area contributed by atoms with E-state index in [9.17, 15) is 4.79 Å². The lowest BCUT2D eigenvalue weighted by molar-refractivity contribution is -0.104. The molecule has 0 spiro atoms. The molecule has 2 aromatic rings. The van der Waals surface area contributed by atoms with E-state index in [1.807, 2.05) is 35.8 Å². The summed E-state index contributed by atoms with van der Waals surface area (Å²) in [5.74, 6) is 0.879. The summed E-state index contributed by atoms with van der Waals surface area (Å²) in [7, 11) is 0. The van der Waals surface area contributed by atoms with Gasteiger partial charge in [-0.25, -0.2) is 4.98 Å². The molecule has 0 bridgehead atoms. The second-order valence-corrected chi connectivity index (χ2v) is 3.00. The zero-order valence-electron chi connectivity index (χ0n) is 7.84. The number of aromatic nitrogens is 2. The molecule has 1 aromatic carbocycles. The molecular formula is C11H10N2O. The van der Waals surface area contributed by atoms with Crippen LogP contribution in [0.1, 0.15) is 5.82 Å². The molecular weight excluding hydrogens is 176 g/mol. The highest BCUT2D eigenvalue weighted by atomic mass is 16.1. The second kappa shape index (κ2) is 3.46. The molecule has 1 aromatic heterocycles. The Balaban J connectivity index is 2.67. The van der Waals surface area contributed by atoms with Gasteiger partial charge in [-0.3, -0.25) is 4.79 Å². The van der Waals surface area contributed by atoms with Crippen LogP contribution in [0.5, 0.6) is 0 Å². The van der Waals surface area contributed by atoms with Gasteiger partial charge in [-0.1, -0.05) is 12.1 Å². The first-order valence-electron chi connectivity index (χ1n) is 4.38. The van der Waals surface area contributed by atoms with Crippen molar-refractivity contribution in [2.75, 3.05) is 0 Å². The monoisotopic (exact) mass is 186 g/mol. The second-order valence-electron chi connectivity index (χ2n) is 3.00. The predicted molar refractivity (Wildman–Crippen MR) is 55.9 cm³/mol. The van der Waals surface area contributed by atoms with Gasteiger partial charge in [-0.05, 0) is 25.1 Å². The Labute approximate surface area is 81.7 Å². The fourth-order valence-corrected chi connectivity index (χ4v) is 1.47. The van der Waals surface area contributed by atoms with Crippen LogP contribution in [0.4, 0.5) is 0 Å². The summed E-state index contributed by atoms with van der Waals surface area (Å²) in [5.41, 5.74) is 1.96. The van der Waals surface area contributed by atoms with Crippen molar-refractivity contribution in [3.63, 3.8) is 0 Å². The fraction of sp³-hybridized carbons (Fsp3) is 0.0909. The Morgan fingerprint density at radius 2 is 2.14 bits per heavy atom. The van der Waals surface area contributed by atoms with Gasteiger partial charge in [0.25, 0.3) is 0 Å². The molecule has 0 unspecified atom stereocenters. The van der Waals surface area contributed by atoms with Crippen molar-refractivity contribution >= 4 is 23.5 Å². The van der Waals surface area contributed by atoms with E-state index in [0.29, 0.717) is 0 Å². The molecule has 3 nitrogen and oxygen atoms in total. The number of para-hydroxylation sites is 2. The third-order valence-electron chi connectivity index (χ3n) is 2.09. The number of hydrogen-bond donors (Lipinski definition) is 0. The summed E-state index contributed by atoms with van der Waals surface area (Å²) < 4.78 is 1.89. The van der Waals surface area contributed by atoms with E-state index in [4.69, 9.17) is 0 Å². The summed E-state index contributed by atoms with van der Waals surface area (Å²) in [5, 5.41) is 0. The molecule has 70 valence electrons. The number of benzene rings is 1. The minimum absolute atomic E-state index is 0.758. The first-order valence-corrected chi connectivity index (χ1v) is 4.38. The Morgan fingerprint density at radius 3 is 2.93 bits per heavy atom. The van der Waals surface area contributed by atoms with Gasteiger partial charge in [-0.2, -0.15) is 0 Å². The molecule has 3 heteroatoms. The SMILES string of the molecule is Cc1nc2ccccc2n1C=CC=O. The molecule has 0 amide bonds. The molecule has 0 N–H and O–H groups in total. The van der Waals surface area contributed by atoms with Crippen LogP contribution in [0, 0.1) is 6.92 Å². The van der Waals surface area contributed by atoms with Gasteiger partial charge < -0.3 is 4.57 Å². The van der Waals surface area contributed by atoms with E-state index in [0.717, 1.165) is 23.1 Å². The highest BCUT2D eigenvalue weighted by molar-refractivity contribution is 5.80. The lowest BCUT2D eigenvalue weighted by Crippen LogP contribution is -1.89. The zero-order chi connectivity index (χ0) is 9.97. The predicted octanol–water partition coefficient (Wildman–Crippen LogP) is 2.01. The zero-order valence-corrected chi connectivity index (χ0v) is 7.84. The molecule has 0 fully saturated rings. The molecule has 2 rings (SSSR count). The van der Waals surface area contributed by atoms with E-state index in [2.05, 4.69) is 4.98 Å². The summed E-state index contributed by atoms with van der Waals surface area (Å²) >= 11 is 0. The number of aldehydes is 1. The first-order chi connectivity index (χ1) is 6.83. The molecule has 0 aliphatic carbocycles. The quantitative estimate of drug-likeness (QED) is 0.531. The van der Waals surface area contributed by atoms with Crippen molar-refractivity contribution in [1.82, 2.24) is 9.55 Å². The Bertz CT molecular complexity index is 497. The number of carbonyl (C=O) groups is 1. The van der Waals surface area contributed by atoms with E-state index in [-0.39, 0.29) is 0 Å². The van der Waals surface area contributed by atoms with Crippen LogP contribution in [0.25, 0.3) is 17.2 Å². The van der Waals surface area contributed by atoms with Gasteiger partial charge >= 0.3 is 0 Å². The third kappa shape index (κ3) is 1.33. The summed E-state index contributed by atoms with van der Waals surface area (Å²) in [6, 6.07) is 7.83. The molecule has 14 heavy (non-hydrogen) atoms. The molecule has 1 heterocycles. The number of aryl methyl sites for hydroxylation is 1. The van der Waals surface area contributed by atoms with Crippen LogP contribution in [0.3, 0.4) is 0 Å². The summed E-state index contributed by atoms with van der Waals surface area (Å²) in [6.07, 6.45) is 3.94. The maximum absolute atomic E-state index is 10.2. The van der Waals surface area contributed by atoms with Crippen LogP contribution >= 0.6 is 0 Å². The van der Waals surface area contributed by atoms with Crippen molar-refractivity contribution in [3.05, 3.63) is 36.2 Å². The molecule has 0 aliphatic heterocycles. The minimum Gasteiger partial charge on any atom is -0.303 e. The van der Waals surface area contributed by atoms with Crippen molar-refractivity contribution in [3.8, 4) is 0 Å². The maximum Gasteiger partial charge on any atom is 0.144 e. The van der Waals surface area contributed by atoms with Gasteiger partial charge in [0.1, 0.15) is 12.1 Å². The lowest BCUT2D eigenvalue weighted by Gasteiger charge is -1.96. The van der Waals surface area contributed by atoms with Crippen molar-refractivity contribution < 1.29 is 4.79 Å². The largest absolute Gasteiger partial charge is 0.303 e. The van der Waals surface area contributed by atoms with Crippen LogP contribution in [-0.4, -0.2) is 15.8 Å². The average molecular weight is 186 g/mol. The van der Waals surface area contributed by atoms with Gasteiger partial charge in [-0.15, -0.1) is 0 Å². The highest BCUT2D eigenvalue weighted by Crippen LogP contribution is 2.15. The van der Waals surface area contributed by atoms with Crippen LogP contribution in [0.15, 0.2) is 30.3 Å². The van der Waals surface area contributed by atoms with Crippen molar-refractivity contribution in [2.45, 2.75) is 6.92 Å². The summed E-state index contributed by atoms with van der Waals surface area (Å²) in [4.78, 5) is 14.6. The molecule has 0 radical (unpaired) electrons. The minimum atomic E-state index is 0.758. The number of allylic oxidation sites excluding steroid dienone is 1. The Morgan fingerprint density at radius 1 is 1.36 bits per heavy atom. The Kier molecular flexibility index (Phi) is 2.14.